The normalized spacial score (nSPS) is 10.6. The molecule has 0 radical (unpaired) electrons. The van der Waals surface area contributed by atoms with Gasteiger partial charge in [-0.15, -0.1) is 0 Å². The fraction of sp³-hybridized carbons (Fsp3) is 0.167. The number of para-hydroxylation sites is 3. The molecule has 0 fully saturated rings. The molecule has 1 heterocycles. The monoisotopic (exact) mass is 323 g/mol. The van der Waals surface area contributed by atoms with Crippen molar-refractivity contribution in [1.29, 1.82) is 0 Å². The summed E-state index contributed by atoms with van der Waals surface area (Å²) in [5.41, 5.74) is 2.49. The number of rotatable bonds is 4. The Morgan fingerprint density at radius 3 is 2.62 bits per heavy atom. The van der Waals surface area contributed by atoms with Crippen molar-refractivity contribution >= 4 is 28.6 Å². The van der Waals surface area contributed by atoms with Gasteiger partial charge in [-0.2, -0.15) is 0 Å². The third kappa shape index (κ3) is 2.99. The minimum absolute atomic E-state index is 0.113. The molecular formula is C18H17N3O3. The Morgan fingerprint density at radius 1 is 1.12 bits per heavy atom. The number of anilines is 1. The van der Waals surface area contributed by atoms with E-state index in [4.69, 9.17) is 4.74 Å². The molecule has 24 heavy (non-hydrogen) atoms. The molecule has 1 amide bonds. The lowest BCUT2D eigenvalue weighted by atomic mass is 10.2. The first-order valence-corrected chi connectivity index (χ1v) is 7.49. The van der Waals surface area contributed by atoms with E-state index in [0.29, 0.717) is 11.3 Å². The van der Waals surface area contributed by atoms with Crippen molar-refractivity contribution in [3.8, 4) is 0 Å². The van der Waals surface area contributed by atoms with E-state index in [-0.39, 0.29) is 12.5 Å². The van der Waals surface area contributed by atoms with E-state index in [2.05, 4.69) is 10.3 Å². The standard InChI is InChI=1S/C18H17N3O3/c1-12-19-15-9-5-6-10-16(15)21(12)11-17(22)20-14-8-4-3-7-13(14)18(23)24-2/h3-10H,11H2,1-2H3,(H,20,22). The van der Waals surface area contributed by atoms with Gasteiger partial charge in [0.2, 0.25) is 5.91 Å². The minimum Gasteiger partial charge on any atom is -0.465 e. The summed E-state index contributed by atoms with van der Waals surface area (Å²) in [6, 6.07) is 14.4. The molecule has 6 nitrogen and oxygen atoms in total. The average Bonchev–Trinajstić information content (AvgIpc) is 2.90. The van der Waals surface area contributed by atoms with E-state index in [1.54, 1.807) is 24.3 Å². The van der Waals surface area contributed by atoms with E-state index in [9.17, 15) is 9.59 Å². The van der Waals surface area contributed by atoms with E-state index >= 15 is 0 Å². The van der Waals surface area contributed by atoms with Gasteiger partial charge in [0, 0.05) is 0 Å². The van der Waals surface area contributed by atoms with Crippen molar-refractivity contribution < 1.29 is 14.3 Å². The first-order chi connectivity index (χ1) is 11.6. The number of carbonyl (C=O) groups is 2. The molecule has 0 unspecified atom stereocenters. The number of fused-ring (bicyclic) bond motifs is 1. The predicted octanol–water partition coefficient (Wildman–Crippen LogP) is 2.77. The van der Waals surface area contributed by atoms with Gasteiger partial charge in [-0.05, 0) is 31.2 Å². The van der Waals surface area contributed by atoms with Crippen LogP contribution in [0.1, 0.15) is 16.2 Å². The number of aryl methyl sites for hydroxylation is 1. The van der Waals surface area contributed by atoms with Crippen molar-refractivity contribution in [2.45, 2.75) is 13.5 Å². The zero-order chi connectivity index (χ0) is 17.1. The summed E-state index contributed by atoms with van der Waals surface area (Å²) in [4.78, 5) is 28.6. The molecule has 2 aromatic carbocycles. The molecule has 0 saturated carbocycles. The van der Waals surface area contributed by atoms with Crippen LogP contribution in [-0.2, 0) is 16.1 Å². The van der Waals surface area contributed by atoms with Crippen LogP contribution >= 0.6 is 0 Å². The number of hydrogen-bond donors (Lipinski definition) is 1. The number of esters is 1. The van der Waals surface area contributed by atoms with E-state index < -0.39 is 5.97 Å². The van der Waals surface area contributed by atoms with Gasteiger partial charge >= 0.3 is 5.97 Å². The van der Waals surface area contributed by atoms with Gasteiger partial charge in [-0.3, -0.25) is 4.79 Å². The Bertz CT molecular complexity index is 915. The van der Waals surface area contributed by atoms with Crippen molar-refractivity contribution in [3.05, 3.63) is 59.9 Å². The van der Waals surface area contributed by atoms with Crippen molar-refractivity contribution in [2.24, 2.45) is 0 Å². The second kappa shape index (κ2) is 6.54. The van der Waals surface area contributed by atoms with Crippen LogP contribution in [-0.4, -0.2) is 28.5 Å². The highest BCUT2D eigenvalue weighted by Gasteiger charge is 2.15. The molecule has 0 aliphatic rings. The minimum atomic E-state index is -0.491. The van der Waals surface area contributed by atoms with Gasteiger partial charge in [0.05, 0.1) is 29.4 Å². The molecule has 0 atom stereocenters. The smallest absolute Gasteiger partial charge is 0.339 e. The molecular weight excluding hydrogens is 306 g/mol. The Hall–Kier alpha value is -3.15. The number of hydrogen-bond acceptors (Lipinski definition) is 4. The molecule has 6 heteroatoms. The fourth-order valence-corrected chi connectivity index (χ4v) is 2.61. The lowest BCUT2D eigenvalue weighted by Crippen LogP contribution is -2.21. The van der Waals surface area contributed by atoms with Crippen molar-refractivity contribution in [3.63, 3.8) is 0 Å². The SMILES string of the molecule is COC(=O)c1ccccc1NC(=O)Cn1c(C)nc2ccccc21. The first-order valence-electron chi connectivity index (χ1n) is 7.49. The largest absolute Gasteiger partial charge is 0.465 e. The number of imidazole rings is 1. The highest BCUT2D eigenvalue weighted by Crippen LogP contribution is 2.18. The first kappa shape index (κ1) is 15.7. The Labute approximate surface area is 139 Å². The number of nitrogens with one attached hydrogen (secondary N) is 1. The van der Waals surface area contributed by atoms with Crippen LogP contribution in [0.2, 0.25) is 0 Å². The molecule has 0 aliphatic carbocycles. The van der Waals surface area contributed by atoms with Crippen LogP contribution in [0.15, 0.2) is 48.5 Å². The average molecular weight is 323 g/mol. The second-order valence-electron chi connectivity index (χ2n) is 5.32. The zero-order valence-corrected chi connectivity index (χ0v) is 13.4. The van der Waals surface area contributed by atoms with Crippen molar-refractivity contribution in [1.82, 2.24) is 9.55 Å². The topological polar surface area (TPSA) is 73.2 Å². The Morgan fingerprint density at radius 2 is 1.83 bits per heavy atom. The van der Waals surface area contributed by atoms with Crippen LogP contribution in [0.5, 0.6) is 0 Å². The molecule has 3 aromatic rings. The van der Waals surface area contributed by atoms with Gasteiger partial charge in [-0.1, -0.05) is 24.3 Å². The van der Waals surface area contributed by atoms with E-state index in [1.165, 1.54) is 7.11 Å². The molecule has 3 rings (SSSR count). The maximum atomic E-state index is 12.4. The Balaban J connectivity index is 1.84. The second-order valence-corrected chi connectivity index (χ2v) is 5.32. The number of methoxy groups -OCH3 is 1. The van der Waals surface area contributed by atoms with Crippen LogP contribution < -0.4 is 5.32 Å². The molecule has 1 N–H and O–H groups in total. The third-order valence-electron chi connectivity index (χ3n) is 3.75. The number of amides is 1. The van der Waals surface area contributed by atoms with E-state index in [1.807, 2.05) is 35.8 Å². The van der Waals surface area contributed by atoms with Gasteiger partial charge < -0.3 is 14.6 Å². The number of carbonyl (C=O) groups excluding carboxylic acids is 2. The van der Waals surface area contributed by atoms with E-state index in [0.717, 1.165) is 16.9 Å². The lowest BCUT2D eigenvalue weighted by molar-refractivity contribution is -0.116. The van der Waals surface area contributed by atoms with Gasteiger partial charge in [0.15, 0.2) is 0 Å². The predicted molar refractivity (Wildman–Crippen MR) is 90.9 cm³/mol. The van der Waals surface area contributed by atoms with Crippen molar-refractivity contribution in [2.75, 3.05) is 12.4 Å². The molecule has 0 aliphatic heterocycles. The maximum absolute atomic E-state index is 12.4. The summed E-state index contributed by atoms with van der Waals surface area (Å²) in [6.45, 7) is 1.97. The summed E-state index contributed by atoms with van der Waals surface area (Å²) < 4.78 is 6.57. The maximum Gasteiger partial charge on any atom is 0.339 e. The summed E-state index contributed by atoms with van der Waals surface area (Å²) >= 11 is 0. The molecule has 0 bridgehead atoms. The molecule has 1 aromatic heterocycles. The van der Waals surface area contributed by atoms with Crippen LogP contribution in [0, 0.1) is 6.92 Å². The van der Waals surface area contributed by atoms with Crippen LogP contribution in [0.4, 0.5) is 5.69 Å². The van der Waals surface area contributed by atoms with Gasteiger partial charge in [0.1, 0.15) is 12.4 Å². The number of benzene rings is 2. The highest BCUT2D eigenvalue weighted by atomic mass is 16.5. The number of aromatic nitrogens is 2. The lowest BCUT2D eigenvalue weighted by Gasteiger charge is -2.11. The summed E-state index contributed by atoms with van der Waals surface area (Å²) in [5, 5.41) is 2.77. The fourth-order valence-electron chi connectivity index (χ4n) is 2.61. The van der Waals surface area contributed by atoms with Gasteiger partial charge in [0.25, 0.3) is 0 Å². The summed E-state index contributed by atoms with van der Waals surface area (Å²) in [6.07, 6.45) is 0. The van der Waals surface area contributed by atoms with Crippen LogP contribution in [0.3, 0.4) is 0 Å². The zero-order valence-electron chi connectivity index (χ0n) is 13.4. The highest BCUT2D eigenvalue weighted by molar-refractivity contribution is 6.01. The quantitative estimate of drug-likeness (QED) is 0.749. The van der Waals surface area contributed by atoms with Crippen LogP contribution in [0.25, 0.3) is 11.0 Å². The number of nitrogens with zero attached hydrogens (tertiary/aromatic N) is 2. The molecule has 0 saturated heterocycles. The molecule has 0 spiro atoms. The van der Waals surface area contributed by atoms with Gasteiger partial charge in [-0.25, -0.2) is 9.78 Å². The molecule has 122 valence electrons. The Kier molecular flexibility index (Phi) is 4.29. The third-order valence-corrected chi connectivity index (χ3v) is 3.75. The summed E-state index contributed by atoms with van der Waals surface area (Å²) in [5.74, 6) is 0.0281. The number of ether oxygens (including phenoxy) is 1. The summed E-state index contributed by atoms with van der Waals surface area (Å²) in [7, 11) is 1.31.